The molecular formula is C59H102O41. The monoisotopic (exact) mass is 1470 g/mol. The Bertz CT molecular complexity index is 2450. The van der Waals surface area contributed by atoms with Crippen LogP contribution in [0.2, 0.25) is 0 Å². The standard InChI is InChI=1S/C59H102O41/c1-15-19(5)85-24(10-64)45(29(15)68)94-52-16(2)30(69)48(27(13-67)90-52)97-57-44(83)49(98-59-51(41(80)36(75)23(9-63)89-59)100-54-18(4)32(71)47(26(12-66)92-54)96-56-43(82)39(78)34(73)21(7-61)87-56)37(76)28(93-57)14-84-58-50(40(79)35(74)22(8-62)88-58)99-53-17(3)31(70)46(25(11-65)91-53)95-55-42(81)38(77)33(72)20(6-60)86-55/h15-83H,6-14H2,1-5H3/t15-,16+,17?,18+,19+,20?,21?,22?,23-,24?,25+,26?,27?,28?,29?,30?,31?,32?,33+,34+,35-,36-,37-,38?,39?,40+,41?,42+,43+,44-,45-,46-,47-,48-,49?,50?,51?,52+,53+,54+,55+,56+,57+,58+,59-/m1/s1. The molecule has 9 aliphatic rings. The molecule has 0 aliphatic carbocycles. The van der Waals surface area contributed by atoms with Crippen LogP contribution < -0.4 is 0 Å². The van der Waals surface area contributed by atoms with Crippen LogP contribution >= 0.6 is 0 Å². The van der Waals surface area contributed by atoms with Crippen molar-refractivity contribution in [3.8, 4) is 0 Å². The average Bonchev–Trinajstić information content (AvgIpc) is 0.775. The van der Waals surface area contributed by atoms with Crippen LogP contribution in [0.25, 0.3) is 0 Å². The fourth-order valence-electron chi connectivity index (χ4n) is 13.8. The minimum absolute atomic E-state index is 0.522. The summed E-state index contributed by atoms with van der Waals surface area (Å²) in [5.74, 6) is -4.27. The van der Waals surface area contributed by atoms with Gasteiger partial charge in [0.05, 0.1) is 90.0 Å². The minimum Gasteiger partial charge on any atom is -0.394 e. The molecule has 24 N–H and O–H groups in total. The molecule has 0 saturated carbocycles. The van der Waals surface area contributed by atoms with E-state index in [1.54, 1.807) is 13.8 Å². The fraction of sp³-hybridized carbons (Fsp3) is 1.00. The van der Waals surface area contributed by atoms with Gasteiger partial charge in [-0.2, -0.15) is 0 Å². The maximum atomic E-state index is 12.5. The van der Waals surface area contributed by atoms with E-state index in [0.717, 1.165) is 0 Å². The van der Waals surface area contributed by atoms with Gasteiger partial charge < -0.3 is 203 Å². The van der Waals surface area contributed by atoms with Gasteiger partial charge in [0.25, 0.3) is 0 Å². The molecule has 9 rings (SSSR count). The highest BCUT2D eigenvalue weighted by molar-refractivity contribution is 5.02. The summed E-state index contributed by atoms with van der Waals surface area (Å²) in [4.78, 5) is 0. The molecule has 45 atom stereocenters. The molecule has 9 fully saturated rings. The first-order chi connectivity index (χ1) is 47.4. The van der Waals surface area contributed by atoms with Gasteiger partial charge in [0.1, 0.15) is 171 Å². The summed E-state index contributed by atoms with van der Waals surface area (Å²) in [5.41, 5.74) is 0. The lowest BCUT2D eigenvalue weighted by Crippen LogP contribution is -2.68. The molecule has 0 aromatic carbocycles. The van der Waals surface area contributed by atoms with Gasteiger partial charge in [-0.15, -0.1) is 0 Å². The van der Waals surface area contributed by atoms with Crippen LogP contribution in [0.5, 0.6) is 0 Å². The highest BCUT2D eigenvalue weighted by Gasteiger charge is 2.60. The Kier molecular flexibility index (Phi) is 29.3. The maximum absolute atomic E-state index is 12.5. The number of aliphatic hydroxyl groups is 24. The highest BCUT2D eigenvalue weighted by Crippen LogP contribution is 2.42. The first-order valence-corrected chi connectivity index (χ1v) is 33.3. The number of hydrogen-bond acceptors (Lipinski definition) is 41. The maximum Gasteiger partial charge on any atom is 0.187 e. The van der Waals surface area contributed by atoms with Crippen LogP contribution in [0.4, 0.5) is 0 Å². The van der Waals surface area contributed by atoms with E-state index in [4.69, 9.17) is 80.5 Å². The minimum atomic E-state index is -2.32. The van der Waals surface area contributed by atoms with Gasteiger partial charge in [-0.25, -0.2) is 0 Å². The van der Waals surface area contributed by atoms with Gasteiger partial charge in [0.15, 0.2) is 50.3 Å². The SMILES string of the molecule is CC1C(O)[C@H](O[C@@H]2OC(CO)[C@H](O)C(O)[C@@H]2O)[C@H](CO)O[C@H]1OC1[C@@H](OCC2O[C@@H](O[C@@H]3C(CO)O[C@@H](O[C@@H]4C(CO)O[C@@H](C)[C@@H](C)C4O)[C@@H](C)C3O)[C@H](O)C(O[C@H]3O[C@H](CO)[C@@H](O)C(O)C3O[C@@H]3OC(CO)[C@@H](O[C@@H]4OC(CO)[C@H](O)C(O)[C@@H]4O)C(O)[C@@H]3C)[C@@H]2O)OC(CO)[C@@H](O)[C@@H]1O. The van der Waals surface area contributed by atoms with E-state index in [9.17, 15) is 123 Å². The molecule has 9 saturated heterocycles. The molecule has 9 aliphatic heterocycles. The van der Waals surface area contributed by atoms with Crippen LogP contribution in [0, 0.1) is 23.7 Å². The van der Waals surface area contributed by atoms with Crippen molar-refractivity contribution in [2.24, 2.45) is 23.7 Å². The van der Waals surface area contributed by atoms with Crippen molar-refractivity contribution < 1.29 is 203 Å². The summed E-state index contributed by atoms with van der Waals surface area (Å²) in [6.07, 6.45) is -72.7. The van der Waals surface area contributed by atoms with E-state index >= 15 is 0 Å². The molecule has 584 valence electrons. The second-order valence-corrected chi connectivity index (χ2v) is 27.0. The van der Waals surface area contributed by atoms with Gasteiger partial charge >= 0.3 is 0 Å². The topological polar surface area (TPSA) is 642 Å². The molecule has 9 heterocycles. The van der Waals surface area contributed by atoms with E-state index in [2.05, 4.69) is 0 Å². The summed E-state index contributed by atoms with van der Waals surface area (Å²) in [7, 11) is 0. The van der Waals surface area contributed by atoms with Crippen molar-refractivity contribution in [1.82, 2.24) is 0 Å². The van der Waals surface area contributed by atoms with E-state index in [1.165, 1.54) is 20.8 Å². The average molecular weight is 1470 g/mol. The van der Waals surface area contributed by atoms with Crippen molar-refractivity contribution in [2.75, 3.05) is 59.5 Å². The fourth-order valence-corrected chi connectivity index (χ4v) is 13.8. The Morgan fingerprint density at radius 2 is 0.460 bits per heavy atom. The van der Waals surface area contributed by atoms with Crippen LogP contribution in [0.3, 0.4) is 0 Å². The summed E-state index contributed by atoms with van der Waals surface area (Å²) < 4.78 is 102. The van der Waals surface area contributed by atoms with Gasteiger partial charge in [0, 0.05) is 23.7 Å². The lowest BCUT2D eigenvalue weighted by Gasteiger charge is -2.51. The Balaban J connectivity index is 0.986. The smallest absolute Gasteiger partial charge is 0.187 e. The summed E-state index contributed by atoms with van der Waals surface area (Å²) in [6.45, 7) is -0.769. The summed E-state index contributed by atoms with van der Waals surface area (Å²) in [6, 6.07) is 0. The molecule has 41 nitrogen and oxygen atoms in total. The van der Waals surface area contributed by atoms with Crippen molar-refractivity contribution in [2.45, 2.75) is 286 Å². The molecule has 41 heteroatoms. The second kappa shape index (κ2) is 35.6. The summed E-state index contributed by atoms with van der Waals surface area (Å²) in [5, 5.41) is 263. The third-order valence-electron chi connectivity index (χ3n) is 20.5. The zero-order valence-corrected chi connectivity index (χ0v) is 55.0. The highest BCUT2D eigenvalue weighted by atomic mass is 16.8. The molecule has 0 spiro atoms. The molecule has 18 unspecified atom stereocenters. The predicted octanol–water partition coefficient (Wildman–Crippen LogP) is -14.5. The Hall–Kier alpha value is -1.64. The molecule has 0 amide bonds. The Morgan fingerprint density at radius 3 is 0.830 bits per heavy atom. The predicted molar refractivity (Wildman–Crippen MR) is 313 cm³/mol. The number of aliphatic hydroxyl groups excluding tert-OH is 24. The van der Waals surface area contributed by atoms with E-state index in [1.807, 2.05) is 0 Å². The molecule has 0 radical (unpaired) electrons. The lowest BCUT2D eigenvalue weighted by molar-refractivity contribution is -0.402. The van der Waals surface area contributed by atoms with Crippen LogP contribution in [0.1, 0.15) is 34.6 Å². The molecule has 0 aromatic rings. The van der Waals surface area contributed by atoms with Gasteiger partial charge in [0.2, 0.25) is 0 Å². The van der Waals surface area contributed by atoms with E-state index < -0.39 is 335 Å². The van der Waals surface area contributed by atoms with Crippen molar-refractivity contribution in [3.63, 3.8) is 0 Å². The molecule has 0 bridgehead atoms. The first kappa shape index (κ1) is 82.4. The van der Waals surface area contributed by atoms with Crippen molar-refractivity contribution in [1.29, 1.82) is 0 Å². The normalized spacial score (nSPS) is 53.7. The Labute approximate surface area is 571 Å². The van der Waals surface area contributed by atoms with Gasteiger partial charge in [-0.3, -0.25) is 0 Å². The third kappa shape index (κ3) is 17.0. The lowest BCUT2D eigenvalue weighted by atomic mass is 9.88. The largest absolute Gasteiger partial charge is 0.394 e. The van der Waals surface area contributed by atoms with Gasteiger partial charge in [-0.05, 0) is 6.92 Å². The number of ether oxygens (including phenoxy) is 17. The van der Waals surface area contributed by atoms with E-state index in [0.29, 0.717) is 0 Å². The number of rotatable bonds is 25. The van der Waals surface area contributed by atoms with E-state index in [-0.39, 0.29) is 0 Å². The molecule has 100 heavy (non-hydrogen) atoms. The van der Waals surface area contributed by atoms with Crippen molar-refractivity contribution >= 4 is 0 Å². The first-order valence-electron chi connectivity index (χ1n) is 33.3. The quantitative estimate of drug-likeness (QED) is 0.0404. The van der Waals surface area contributed by atoms with Crippen LogP contribution in [0.15, 0.2) is 0 Å². The Morgan fingerprint density at radius 1 is 0.200 bits per heavy atom. The zero-order chi connectivity index (χ0) is 73.4. The number of hydrogen-bond donors (Lipinski definition) is 24. The second-order valence-electron chi connectivity index (χ2n) is 27.0. The van der Waals surface area contributed by atoms with Crippen molar-refractivity contribution in [3.05, 3.63) is 0 Å². The molecular weight excluding hydrogens is 1360 g/mol. The van der Waals surface area contributed by atoms with Crippen LogP contribution in [-0.4, -0.2) is 434 Å². The van der Waals surface area contributed by atoms with Crippen LogP contribution in [-0.2, 0) is 80.5 Å². The molecule has 0 aromatic heterocycles. The third-order valence-corrected chi connectivity index (χ3v) is 20.5. The van der Waals surface area contributed by atoms with Gasteiger partial charge in [-0.1, -0.05) is 27.7 Å². The zero-order valence-electron chi connectivity index (χ0n) is 55.0. The summed E-state index contributed by atoms with van der Waals surface area (Å²) >= 11 is 0.